The number of nitrogens with one attached hydrogen (secondary N) is 1. The van der Waals surface area contributed by atoms with Gasteiger partial charge in [-0.1, -0.05) is 11.6 Å². The molecule has 0 fully saturated rings. The summed E-state index contributed by atoms with van der Waals surface area (Å²) in [7, 11) is 0. The Balaban J connectivity index is 2.88. The summed E-state index contributed by atoms with van der Waals surface area (Å²) >= 11 is 6.53. The van der Waals surface area contributed by atoms with Crippen LogP contribution in [0.25, 0.3) is 0 Å². The number of hydrazine groups is 1. The minimum Gasteiger partial charge on any atom is -0.323 e. The maximum Gasteiger partial charge on any atom is 0.398 e. The van der Waals surface area contributed by atoms with Crippen LogP contribution in [0.4, 0.5) is 18.9 Å². The lowest BCUT2D eigenvalue weighted by Gasteiger charge is -2.11. The lowest BCUT2D eigenvalue weighted by molar-refractivity contribution is -0.105. The molecule has 1 aromatic carbocycles. The Kier molecular flexibility index (Phi) is 4.35. The van der Waals surface area contributed by atoms with Crippen molar-refractivity contribution in [3.05, 3.63) is 22.7 Å². The van der Waals surface area contributed by atoms with E-state index >= 15 is 0 Å². The van der Waals surface area contributed by atoms with E-state index < -0.39 is 11.9 Å². The fourth-order valence-electron chi connectivity index (χ4n) is 1.08. The number of anilines is 1. The first-order valence-electron chi connectivity index (χ1n) is 4.30. The lowest BCUT2D eigenvalue weighted by atomic mass is 10.2. The molecule has 3 N–H and O–H groups in total. The summed E-state index contributed by atoms with van der Waals surface area (Å²) in [6, 6.07) is 3.09. The number of rotatable bonds is 3. The van der Waals surface area contributed by atoms with E-state index in [1.807, 2.05) is 0 Å². The van der Waals surface area contributed by atoms with Crippen LogP contribution >= 0.6 is 23.4 Å². The van der Waals surface area contributed by atoms with Crippen LogP contribution in [0, 0.1) is 6.92 Å². The van der Waals surface area contributed by atoms with Crippen molar-refractivity contribution >= 4 is 29.1 Å². The highest BCUT2D eigenvalue weighted by atomic mass is 35.5. The van der Waals surface area contributed by atoms with Crippen LogP contribution in [-0.2, 0) is 0 Å². The molecule has 1 aromatic rings. The van der Waals surface area contributed by atoms with Crippen LogP contribution in [0.5, 0.6) is 0 Å². The monoisotopic (exact) mass is 270 g/mol. The second-order valence-corrected chi connectivity index (χ2v) is 4.57. The van der Waals surface area contributed by atoms with Crippen LogP contribution in [0.1, 0.15) is 5.56 Å². The second kappa shape index (κ2) is 5.16. The Morgan fingerprint density at radius 3 is 2.56 bits per heavy atom. The molecule has 16 heavy (non-hydrogen) atoms. The number of aryl methyl sites for hydroxylation is 1. The largest absolute Gasteiger partial charge is 0.398 e. The summed E-state index contributed by atoms with van der Waals surface area (Å²) in [5, 5.41) is 0.386. The molecule has 0 heterocycles. The number of hydrogen-bond donors (Lipinski definition) is 2. The summed E-state index contributed by atoms with van der Waals surface area (Å²) in [4.78, 5) is 0.509. The molecule has 0 unspecified atom stereocenters. The maximum atomic E-state index is 12.0. The molecule has 0 atom stereocenters. The van der Waals surface area contributed by atoms with Crippen LogP contribution < -0.4 is 11.3 Å². The second-order valence-electron chi connectivity index (χ2n) is 3.15. The number of alkyl halides is 3. The number of benzene rings is 1. The number of thioether (sulfide) groups is 1. The third-order valence-corrected chi connectivity index (χ3v) is 3.35. The highest BCUT2D eigenvalue weighted by Crippen LogP contribution is 2.34. The van der Waals surface area contributed by atoms with E-state index in [0.29, 0.717) is 32.9 Å². The molecule has 1 rings (SSSR count). The molecule has 0 amide bonds. The van der Waals surface area contributed by atoms with Crippen molar-refractivity contribution in [3.63, 3.8) is 0 Å². The number of halogens is 4. The predicted molar refractivity (Wildman–Crippen MR) is 60.8 cm³/mol. The van der Waals surface area contributed by atoms with Crippen molar-refractivity contribution in [2.75, 3.05) is 11.2 Å². The third kappa shape index (κ3) is 3.77. The molecule has 0 aliphatic carbocycles. The zero-order chi connectivity index (χ0) is 12.3. The summed E-state index contributed by atoms with van der Waals surface area (Å²) in [5.41, 5.74) is 3.44. The first-order chi connectivity index (χ1) is 7.33. The van der Waals surface area contributed by atoms with Gasteiger partial charge >= 0.3 is 6.18 Å². The van der Waals surface area contributed by atoms with Gasteiger partial charge in [0.05, 0.1) is 16.5 Å². The van der Waals surface area contributed by atoms with Crippen LogP contribution in [-0.4, -0.2) is 11.9 Å². The highest BCUT2D eigenvalue weighted by molar-refractivity contribution is 7.99. The van der Waals surface area contributed by atoms with Gasteiger partial charge in [0, 0.05) is 4.90 Å². The third-order valence-electron chi connectivity index (χ3n) is 1.81. The van der Waals surface area contributed by atoms with Crippen molar-refractivity contribution in [1.29, 1.82) is 0 Å². The molecular formula is C9H10ClF3N2S. The molecule has 0 saturated carbocycles. The van der Waals surface area contributed by atoms with Crippen molar-refractivity contribution in [2.45, 2.75) is 18.0 Å². The molecule has 0 bridgehead atoms. The van der Waals surface area contributed by atoms with Crippen molar-refractivity contribution < 1.29 is 13.2 Å². The zero-order valence-electron chi connectivity index (χ0n) is 8.36. The van der Waals surface area contributed by atoms with Crippen molar-refractivity contribution in [3.8, 4) is 0 Å². The standard InChI is InChI=1S/C9H10ClF3N2S/c1-5-2-6(10)7(15-14)3-8(5)16-4-9(11,12)13/h2-3,15H,4,14H2,1H3. The van der Waals surface area contributed by atoms with Gasteiger partial charge in [0.2, 0.25) is 0 Å². The van der Waals surface area contributed by atoms with Crippen LogP contribution in [0.2, 0.25) is 5.02 Å². The van der Waals surface area contributed by atoms with E-state index in [1.165, 1.54) is 6.07 Å². The fraction of sp³-hybridized carbons (Fsp3) is 0.333. The molecule has 7 heteroatoms. The Bertz CT molecular complexity index is 382. The smallest absolute Gasteiger partial charge is 0.323 e. The van der Waals surface area contributed by atoms with Gasteiger partial charge in [0.1, 0.15) is 0 Å². The van der Waals surface area contributed by atoms with Gasteiger partial charge in [-0.2, -0.15) is 13.2 Å². The normalized spacial score (nSPS) is 11.6. The van der Waals surface area contributed by atoms with Gasteiger partial charge < -0.3 is 5.43 Å². The molecule has 0 aliphatic heterocycles. The fourth-order valence-corrected chi connectivity index (χ4v) is 2.16. The number of hydrogen-bond acceptors (Lipinski definition) is 3. The van der Waals surface area contributed by atoms with E-state index in [4.69, 9.17) is 17.4 Å². The molecule has 0 radical (unpaired) electrons. The Morgan fingerprint density at radius 2 is 2.06 bits per heavy atom. The van der Waals surface area contributed by atoms with E-state index in [-0.39, 0.29) is 0 Å². The maximum absolute atomic E-state index is 12.0. The molecule has 0 saturated heterocycles. The molecule has 0 aliphatic rings. The number of nitrogen functional groups attached to an aromatic ring is 1. The molecular weight excluding hydrogens is 261 g/mol. The van der Waals surface area contributed by atoms with E-state index in [0.717, 1.165) is 0 Å². The minimum atomic E-state index is -4.19. The minimum absolute atomic E-state index is 0.386. The highest BCUT2D eigenvalue weighted by Gasteiger charge is 2.27. The quantitative estimate of drug-likeness (QED) is 0.501. The summed E-state index contributed by atoms with van der Waals surface area (Å²) < 4.78 is 36.1. The van der Waals surface area contributed by atoms with E-state index in [1.54, 1.807) is 13.0 Å². The van der Waals surface area contributed by atoms with Gasteiger partial charge in [-0.05, 0) is 24.6 Å². The Hall–Kier alpha value is -0.590. The van der Waals surface area contributed by atoms with Crippen LogP contribution in [0.3, 0.4) is 0 Å². The SMILES string of the molecule is Cc1cc(Cl)c(NN)cc1SCC(F)(F)F. The van der Waals surface area contributed by atoms with Gasteiger partial charge in [-0.25, -0.2) is 0 Å². The first kappa shape index (κ1) is 13.5. The van der Waals surface area contributed by atoms with Gasteiger partial charge in [-0.15, -0.1) is 11.8 Å². The predicted octanol–water partition coefficient (Wildman–Crippen LogP) is 3.59. The van der Waals surface area contributed by atoms with Gasteiger partial charge in [0.25, 0.3) is 0 Å². The zero-order valence-corrected chi connectivity index (χ0v) is 9.93. The van der Waals surface area contributed by atoms with Crippen LogP contribution in [0.15, 0.2) is 17.0 Å². The molecule has 2 nitrogen and oxygen atoms in total. The molecule has 90 valence electrons. The lowest BCUT2D eigenvalue weighted by Crippen LogP contribution is -2.11. The Morgan fingerprint density at radius 1 is 1.44 bits per heavy atom. The Labute approximate surface area is 100 Å². The summed E-state index contributed by atoms with van der Waals surface area (Å²) in [6.45, 7) is 1.70. The summed E-state index contributed by atoms with van der Waals surface area (Å²) in [5.74, 6) is 4.25. The van der Waals surface area contributed by atoms with Crippen molar-refractivity contribution in [2.24, 2.45) is 5.84 Å². The van der Waals surface area contributed by atoms with Crippen molar-refractivity contribution in [1.82, 2.24) is 0 Å². The average Bonchev–Trinajstić information content (AvgIpc) is 2.15. The van der Waals surface area contributed by atoms with Gasteiger partial charge in [0.15, 0.2) is 0 Å². The summed E-state index contributed by atoms with van der Waals surface area (Å²) in [6.07, 6.45) is -4.19. The van der Waals surface area contributed by atoms with Gasteiger partial charge in [-0.3, -0.25) is 5.84 Å². The van der Waals surface area contributed by atoms with E-state index in [2.05, 4.69) is 5.43 Å². The molecule has 0 spiro atoms. The first-order valence-corrected chi connectivity index (χ1v) is 5.66. The molecule has 0 aromatic heterocycles. The topological polar surface area (TPSA) is 38.0 Å². The average molecular weight is 271 g/mol. The van der Waals surface area contributed by atoms with E-state index in [9.17, 15) is 13.2 Å². The number of nitrogens with two attached hydrogens (primary N) is 1.